The van der Waals surface area contributed by atoms with Crippen LogP contribution in [0.3, 0.4) is 0 Å². The Labute approximate surface area is 121 Å². The lowest BCUT2D eigenvalue weighted by atomic mass is 10.1. The van der Waals surface area contributed by atoms with Crippen LogP contribution in [-0.4, -0.2) is 20.2 Å². The van der Waals surface area contributed by atoms with Gasteiger partial charge in [0, 0.05) is 11.6 Å². The van der Waals surface area contributed by atoms with Crippen LogP contribution in [0.15, 0.2) is 39.8 Å². The Morgan fingerprint density at radius 3 is 2.67 bits per heavy atom. The number of aromatic carboxylic acids is 1. The Hall–Kier alpha value is -2.48. The van der Waals surface area contributed by atoms with E-state index in [1.165, 1.54) is 24.3 Å². The molecule has 0 saturated heterocycles. The molecule has 0 radical (unpaired) electrons. The summed E-state index contributed by atoms with van der Waals surface area (Å²) in [6, 6.07) is 7.07. The van der Waals surface area contributed by atoms with Gasteiger partial charge in [0.25, 0.3) is 5.69 Å². The van der Waals surface area contributed by atoms with E-state index in [-0.39, 0.29) is 22.3 Å². The molecule has 2 aromatic rings. The van der Waals surface area contributed by atoms with E-state index in [1.54, 1.807) is 13.0 Å². The fraction of sp³-hybridized carbons (Fsp3) is 0.154. The van der Waals surface area contributed by atoms with Crippen molar-refractivity contribution in [3.05, 3.63) is 57.3 Å². The lowest BCUT2D eigenvalue weighted by molar-refractivity contribution is -0.385. The van der Waals surface area contributed by atoms with E-state index in [4.69, 9.17) is 9.52 Å². The van der Waals surface area contributed by atoms with Gasteiger partial charge in [-0.3, -0.25) is 14.3 Å². The molecule has 7 nitrogen and oxygen atoms in total. The van der Waals surface area contributed by atoms with E-state index in [1.807, 2.05) is 0 Å². The molecule has 0 aliphatic carbocycles. The number of carbonyl (C=O) groups is 1. The van der Waals surface area contributed by atoms with Crippen molar-refractivity contribution in [1.29, 1.82) is 0 Å². The molecule has 0 aliphatic heterocycles. The van der Waals surface area contributed by atoms with Crippen LogP contribution in [0.25, 0.3) is 0 Å². The minimum Gasteiger partial charge on any atom is -0.475 e. The van der Waals surface area contributed by atoms with Crippen LogP contribution in [0, 0.1) is 17.0 Å². The molecule has 110 valence electrons. The average Bonchev–Trinajstić information content (AvgIpc) is 2.90. The second-order valence-corrected chi connectivity index (χ2v) is 5.61. The topological polar surface area (TPSA) is 111 Å². The highest BCUT2D eigenvalue weighted by atomic mass is 32.2. The second-order valence-electron chi connectivity index (χ2n) is 4.23. The van der Waals surface area contributed by atoms with Crippen LogP contribution in [0.1, 0.15) is 21.7 Å². The first kappa shape index (κ1) is 14.9. The lowest BCUT2D eigenvalue weighted by Crippen LogP contribution is -2.01. The van der Waals surface area contributed by atoms with Crippen LogP contribution in [0.4, 0.5) is 5.69 Å². The molecular formula is C13H11NO6S. The Morgan fingerprint density at radius 1 is 1.38 bits per heavy atom. The molecule has 0 spiro atoms. The average molecular weight is 309 g/mol. The monoisotopic (exact) mass is 309 g/mol. The summed E-state index contributed by atoms with van der Waals surface area (Å²) in [5, 5.41) is 19.6. The third kappa shape index (κ3) is 3.16. The molecule has 1 heterocycles. The second kappa shape index (κ2) is 5.88. The maximum absolute atomic E-state index is 12.1. The largest absolute Gasteiger partial charge is 0.475 e. The predicted octanol–water partition coefficient (Wildman–Crippen LogP) is 2.50. The molecule has 0 bridgehead atoms. The maximum Gasteiger partial charge on any atom is 0.371 e. The minimum atomic E-state index is -1.61. The minimum absolute atomic E-state index is 0.0140. The standard InChI is InChI=1S/C13H11NO6S/c1-8-9(3-2-4-10(8)14(17)18)7-21(19)12-6-5-11(20-12)13(15)16/h2-6H,7H2,1H3,(H,15,16). The molecule has 1 atom stereocenters. The van der Waals surface area contributed by atoms with Crippen molar-refractivity contribution in [2.24, 2.45) is 0 Å². The molecular weight excluding hydrogens is 298 g/mol. The van der Waals surface area contributed by atoms with E-state index >= 15 is 0 Å². The van der Waals surface area contributed by atoms with Crippen molar-refractivity contribution in [2.75, 3.05) is 0 Å². The highest BCUT2D eigenvalue weighted by Gasteiger charge is 2.18. The first-order valence-electron chi connectivity index (χ1n) is 5.84. The lowest BCUT2D eigenvalue weighted by Gasteiger charge is -2.05. The fourth-order valence-electron chi connectivity index (χ4n) is 1.79. The van der Waals surface area contributed by atoms with Gasteiger partial charge in [-0.2, -0.15) is 0 Å². The number of furan rings is 1. The Balaban J connectivity index is 2.25. The summed E-state index contributed by atoms with van der Waals surface area (Å²) in [6.45, 7) is 1.58. The summed E-state index contributed by atoms with van der Waals surface area (Å²) in [5.41, 5.74) is 0.937. The van der Waals surface area contributed by atoms with Crippen LogP contribution in [-0.2, 0) is 16.6 Å². The van der Waals surface area contributed by atoms with Crippen molar-refractivity contribution < 1.29 is 23.5 Å². The van der Waals surface area contributed by atoms with Crippen molar-refractivity contribution in [1.82, 2.24) is 0 Å². The van der Waals surface area contributed by atoms with Gasteiger partial charge >= 0.3 is 5.97 Å². The Morgan fingerprint density at radius 2 is 2.10 bits per heavy atom. The van der Waals surface area contributed by atoms with Crippen molar-refractivity contribution in [2.45, 2.75) is 17.8 Å². The van der Waals surface area contributed by atoms with Crippen LogP contribution < -0.4 is 0 Å². The molecule has 1 aromatic carbocycles. The van der Waals surface area contributed by atoms with Crippen molar-refractivity contribution >= 4 is 22.5 Å². The predicted molar refractivity (Wildman–Crippen MR) is 73.6 cm³/mol. The highest BCUT2D eigenvalue weighted by Crippen LogP contribution is 2.24. The van der Waals surface area contributed by atoms with E-state index in [9.17, 15) is 19.1 Å². The van der Waals surface area contributed by atoms with Gasteiger partial charge in [-0.15, -0.1) is 0 Å². The summed E-state index contributed by atoms with van der Waals surface area (Å²) in [5.74, 6) is -1.53. The van der Waals surface area contributed by atoms with Gasteiger partial charge in [0.15, 0.2) is 5.09 Å². The zero-order valence-electron chi connectivity index (χ0n) is 10.9. The Bertz CT molecular complexity index is 736. The zero-order valence-corrected chi connectivity index (χ0v) is 11.8. The summed E-state index contributed by atoms with van der Waals surface area (Å²) in [7, 11) is -1.61. The van der Waals surface area contributed by atoms with Gasteiger partial charge in [-0.05, 0) is 24.6 Å². The van der Waals surface area contributed by atoms with Gasteiger partial charge < -0.3 is 9.52 Å². The number of benzene rings is 1. The van der Waals surface area contributed by atoms with Gasteiger partial charge in [-0.1, -0.05) is 12.1 Å². The number of hydrogen-bond donors (Lipinski definition) is 1. The quantitative estimate of drug-likeness (QED) is 0.671. The van der Waals surface area contributed by atoms with Crippen molar-refractivity contribution in [3.8, 4) is 0 Å². The number of nitro benzene ring substituents is 1. The van der Waals surface area contributed by atoms with Gasteiger partial charge in [0.1, 0.15) is 0 Å². The summed E-state index contributed by atoms with van der Waals surface area (Å²) in [6.07, 6.45) is 0. The number of hydrogen-bond acceptors (Lipinski definition) is 5. The molecule has 0 aliphatic rings. The SMILES string of the molecule is Cc1c(CS(=O)c2ccc(C(=O)O)o2)cccc1[N+](=O)[O-]. The van der Waals surface area contributed by atoms with Crippen molar-refractivity contribution in [3.63, 3.8) is 0 Å². The normalized spacial score (nSPS) is 12.0. The number of nitrogens with zero attached hydrogens (tertiary/aromatic N) is 1. The third-order valence-electron chi connectivity index (χ3n) is 2.92. The van der Waals surface area contributed by atoms with E-state index < -0.39 is 21.7 Å². The summed E-state index contributed by atoms with van der Waals surface area (Å²) < 4.78 is 17.1. The number of nitro groups is 1. The molecule has 1 N–H and O–H groups in total. The molecule has 1 unspecified atom stereocenters. The van der Waals surface area contributed by atoms with Gasteiger partial charge in [0.2, 0.25) is 5.76 Å². The first-order chi connectivity index (χ1) is 9.90. The molecule has 0 amide bonds. The van der Waals surface area contributed by atoms with E-state index in [0.717, 1.165) is 0 Å². The van der Waals surface area contributed by atoms with E-state index in [2.05, 4.69) is 0 Å². The van der Waals surface area contributed by atoms with Gasteiger partial charge in [0.05, 0.1) is 21.5 Å². The van der Waals surface area contributed by atoms with Gasteiger partial charge in [-0.25, -0.2) is 4.79 Å². The molecule has 0 saturated carbocycles. The first-order valence-corrected chi connectivity index (χ1v) is 7.16. The third-order valence-corrected chi connectivity index (χ3v) is 4.16. The molecule has 1 aromatic heterocycles. The summed E-state index contributed by atoms with van der Waals surface area (Å²) in [4.78, 5) is 21.1. The molecule has 21 heavy (non-hydrogen) atoms. The van der Waals surface area contributed by atoms with Crippen LogP contribution >= 0.6 is 0 Å². The smallest absolute Gasteiger partial charge is 0.371 e. The molecule has 2 rings (SSSR count). The number of rotatable bonds is 5. The van der Waals surface area contributed by atoms with E-state index in [0.29, 0.717) is 11.1 Å². The number of carboxylic acids is 1. The molecule has 8 heteroatoms. The van der Waals surface area contributed by atoms with Crippen LogP contribution in [0.5, 0.6) is 0 Å². The Kier molecular flexibility index (Phi) is 4.18. The molecule has 0 fully saturated rings. The fourth-order valence-corrected chi connectivity index (χ4v) is 2.93. The van der Waals surface area contributed by atoms with Crippen LogP contribution in [0.2, 0.25) is 0 Å². The number of carboxylic acid groups (broad SMARTS) is 1. The summed E-state index contributed by atoms with van der Waals surface area (Å²) >= 11 is 0. The maximum atomic E-state index is 12.1. The highest BCUT2D eigenvalue weighted by molar-refractivity contribution is 7.84. The zero-order chi connectivity index (χ0) is 15.6.